The number of imidazole rings is 1. The van der Waals surface area contributed by atoms with E-state index in [-0.39, 0.29) is 28.7 Å². The van der Waals surface area contributed by atoms with Gasteiger partial charge in [0.2, 0.25) is 5.95 Å². The Kier molecular flexibility index (Phi) is 6.88. The van der Waals surface area contributed by atoms with E-state index < -0.39 is 50.4 Å². The number of hydrogen-bond acceptors (Lipinski definition) is 12. The fourth-order valence-electron chi connectivity index (χ4n) is 3.68. The third kappa shape index (κ3) is 4.97. The van der Waals surface area contributed by atoms with Crippen molar-refractivity contribution in [3.8, 4) is 5.75 Å². The van der Waals surface area contributed by atoms with Crippen LogP contribution in [0.5, 0.6) is 5.75 Å². The lowest BCUT2D eigenvalue weighted by atomic mass is 9.96. The van der Waals surface area contributed by atoms with Gasteiger partial charge in [0.1, 0.15) is 35.1 Å². The summed E-state index contributed by atoms with van der Waals surface area (Å²) < 4.78 is 31.5. The molecule has 2 aromatic heterocycles. The zero-order valence-electron chi connectivity index (χ0n) is 19.3. The van der Waals surface area contributed by atoms with Crippen LogP contribution in [-0.4, -0.2) is 71.3 Å². The molecular weight excluding hydrogens is 497 g/mol. The molecule has 36 heavy (non-hydrogen) atoms. The van der Waals surface area contributed by atoms with Gasteiger partial charge in [0.05, 0.1) is 12.9 Å². The van der Waals surface area contributed by atoms with E-state index >= 15 is 0 Å². The largest absolute Gasteiger partial charge is 0.480 e. The highest BCUT2D eigenvalue weighted by Crippen LogP contribution is 2.47. The zero-order chi connectivity index (χ0) is 26.3. The second kappa shape index (κ2) is 9.61. The lowest BCUT2D eigenvalue weighted by molar-refractivity contribution is -0.138. The number of nitrogens with two attached hydrogens (primary N) is 2. The van der Waals surface area contributed by atoms with E-state index in [2.05, 4.69) is 20.0 Å². The fraction of sp³-hybridized carbons (Fsp3) is 0.400. The predicted octanol–water partition coefficient (Wildman–Crippen LogP) is 0.266. The maximum absolute atomic E-state index is 13.4. The number of carbonyl (C=O) groups is 1. The van der Waals surface area contributed by atoms with Gasteiger partial charge in [-0.15, -0.1) is 0 Å². The maximum Gasteiger partial charge on any atom is 0.459 e. The summed E-state index contributed by atoms with van der Waals surface area (Å²) in [7, 11) is -4.28. The van der Waals surface area contributed by atoms with Gasteiger partial charge in [-0.2, -0.15) is 15.1 Å². The molecular formula is C20H26N7O8P. The number of aliphatic hydroxyl groups is 2. The monoisotopic (exact) mass is 523 g/mol. The van der Waals surface area contributed by atoms with Crippen molar-refractivity contribution in [2.45, 2.75) is 43.9 Å². The van der Waals surface area contributed by atoms with Crippen LogP contribution < -0.4 is 21.1 Å². The predicted molar refractivity (Wildman–Crippen MR) is 126 cm³/mol. The lowest BCUT2D eigenvalue weighted by Gasteiger charge is -2.27. The molecule has 0 bridgehead atoms. The third-order valence-electron chi connectivity index (χ3n) is 5.57. The highest BCUT2D eigenvalue weighted by Gasteiger charge is 2.54. The first kappa shape index (κ1) is 25.8. The van der Waals surface area contributed by atoms with Crippen LogP contribution in [0.4, 0.5) is 11.8 Å². The molecule has 0 radical (unpaired) electrons. The molecule has 1 aliphatic rings. The number of nitrogens with zero attached hydrogens (tertiary/aromatic N) is 4. The molecule has 2 unspecified atom stereocenters. The molecule has 16 heteroatoms. The second-order valence-corrected chi connectivity index (χ2v) is 10.1. The van der Waals surface area contributed by atoms with Crippen LogP contribution in [-0.2, 0) is 18.6 Å². The first-order valence-corrected chi connectivity index (χ1v) is 12.3. The molecule has 1 saturated heterocycles. The summed E-state index contributed by atoms with van der Waals surface area (Å²) in [6.45, 7) is 2.05. The molecule has 1 fully saturated rings. The molecule has 1 aliphatic heterocycles. The van der Waals surface area contributed by atoms with Gasteiger partial charge < -0.3 is 36.0 Å². The first-order chi connectivity index (χ1) is 16.9. The Morgan fingerprint density at radius 3 is 2.69 bits per heavy atom. The summed E-state index contributed by atoms with van der Waals surface area (Å²) in [4.78, 5) is 23.4. The van der Waals surface area contributed by atoms with Gasteiger partial charge in [0.25, 0.3) is 0 Å². The van der Waals surface area contributed by atoms with Crippen LogP contribution in [0.25, 0.3) is 11.2 Å². The van der Waals surface area contributed by atoms with Crippen molar-refractivity contribution in [1.29, 1.82) is 0 Å². The quantitative estimate of drug-likeness (QED) is 0.207. The van der Waals surface area contributed by atoms with E-state index in [0.717, 1.165) is 0 Å². The van der Waals surface area contributed by atoms with Crippen LogP contribution in [0, 0.1) is 0 Å². The lowest BCUT2D eigenvalue weighted by Crippen LogP contribution is -2.44. The summed E-state index contributed by atoms with van der Waals surface area (Å²) >= 11 is 0. The minimum Gasteiger partial charge on any atom is -0.480 e. The second-order valence-electron chi connectivity index (χ2n) is 8.38. The number of ether oxygens (including phenoxy) is 1. The van der Waals surface area contributed by atoms with E-state index in [9.17, 15) is 24.7 Å². The van der Waals surface area contributed by atoms with Crippen LogP contribution in [0.3, 0.4) is 0 Å². The number of carboxylic acid groups (broad SMARTS) is 1. The highest BCUT2D eigenvalue weighted by atomic mass is 31.2. The number of aliphatic hydroxyl groups excluding tert-OH is 1. The number of benzene rings is 1. The van der Waals surface area contributed by atoms with Crippen molar-refractivity contribution in [1.82, 2.24) is 24.6 Å². The number of nitrogen functional groups attached to an aromatic ring is 2. The van der Waals surface area contributed by atoms with Gasteiger partial charge in [-0.05, 0) is 26.0 Å². The van der Waals surface area contributed by atoms with Crippen LogP contribution in [0.1, 0.15) is 20.1 Å². The average molecular weight is 523 g/mol. The van der Waals surface area contributed by atoms with Gasteiger partial charge >= 0.3 is 13.7 Å². The average Bonchev–Trinajstić information content (AvgIpc) is 3.31. The zero-order valence-corrected chi connectivity index (χ0v) is 20.1. The fourth-order valence-corrected chi connectivity index (χ4v) is 5.19. The van der Waals surface area contributed by atoms with Gasteiger partial charge in [-0.3, -0.25) is 13.9 Å². The molecule has 0 aliphatic carbocycles. The van der Waals surface area contributed by atoms with E-state index in [1.54, 1.807) is 18.2 Å². The summed E-state index contributed by atoms with van der Waals surface area (Å²) in [6, 6.07) is 6.69. The number of aromatic nitrogens is 4. The number of hydrogen-bond donors (Lipinski definition) is 6. The molecule has 3 aromatic rings. The molecule has 0 amide bonds. The summed E-state index contributed by atoms with van der Waals surface area (Å²) in [5.41, 5.74) is 10.0. The molecule has 0 saturated carbocycles. The van der Waals surface area contributed by atoms with Crippen LogP contribution >= 0.6 is 7.75 Å². The molecule has 194 valence electrons. The van der Waals surface area contributed by atoms with Gasteiger partial charge in [-0.1, -0.05) is 18.2 Å². The Morgan fingerprint density at radius 1 is 1.33 bits per heavy atom. The molecule has 4 rings (SSSR count). The first-order valence-electron chi connectivity index (χ1n) is 10.7. The Bertz CT molecular complexity index is 1300. The third-order valence-corrected chi connectivity index (χ3v) is 7.22. The molecule has 6 atom stereocenters. The van der Waals surface area contributed by atoms with Crippen molar-refractivity contribution >= 4 is 36.6 Å². The SMILES string of the molecule is CC(NP(=O)(OC[C@@H]1O[C@@H](n2cnc3c(N)nc(N)nc32)[C@](C)(O)[C@@H]1O)Oc1ccccc1)C(=O)O. The van der Waals surface area contributed by atoms with Gasteiger partial charge in [-0.25, -0.2) is 9.55 Å². The Labute approximate surface area is 204 Å². The van der Waals surface area contributed by atoms with Crippen LogP contribution in [0.2, 0.25) is 0 Å². The normalized spacial score (nSPS) is 26.5. The van der Waals surface area contributed by atoms with E-state index in [1.165, 1.54) is 36.9 Å². The smallest absolute Gasteiger partial charge is 0.459 e. The van der Waals surface area contributed by atoms with Crippen molar-refractivity contribution in [2.75, 3.05) is 18.1 Å². The number of para-hydroxylation sites is 1. The standard InChI is InChI=1S/C20H26N7O8P/c1-10(17(29)30)26-36(32,35-11-6-4-3-5-7-11)33-8-12-14(28)20(2,31)18(34-12)27-9-23-13-15(21)24-19(22)25-16(13)27/h3-7,9-10,12,14,18,28,31H,8H2,1-2H3,(H,26,32)(H,29,30)(H4,21,22,24,25)/t10?,12-,14+,18+,20+,36?/m0/s1. The maximum atomic E-state index is 13.4. The summed E-state index contributed by atoms with van der Waals surface area (Å²) in [5, 5.41) is 33.4. The minimum atomic E-state index is -4.28. The topological polar surface area (TPSA) is 230 Å². The van der Waals surface area contributed by atoms with Crippen molar-refractivity contribution in [2.24, 2.45) is 0 Å². The van der Waals surface area contributed by atoms with Crippen LogP contribution in [0.15, 0.2) is 36.7 Å². The molecule has 0 spiro atoms. The van der Waals surface area contributed by atoms with E-state index in [1.807, 2.05) is 0 Å². The Hall–Kier alpha value is -3.33. The molecule has 15 nitrogen and oxygen atoms in total. The Balaban J connectivity index is 1.57. The Morgan fingerprint density at radius 2 is 2.03 bits per heavy atom. The van der Waals surface area contributed by atoms with Crippen molar-refractivity contribution in [3.63, 3.8) is 0 Å². The minimum absolute atomic E-state index is 0.0203. The van der Waals surface area contributed by atoms with E-state index in [4.69, 9.17) is 25.3 Å². The van der Waals surface area contributed by atoms with E-state index in [0.29, 0.717) is 0 Å². The van der Waals surface area contributed by atoms with Gasteiger partial charge in [0, 0.05) is 0 Å². The highest BCUT2D eigenvalue weighted by molar-refractivity contribution is 7.52. The number of carboxylic acids is 1. The number of nitrogens with one attached hydrogen (secondary N) is 1. The molecule has 8 N–H and O–H groups in total. The summed E-state index contributed by atoms with van der Waals surface area (Å²) in [6.07, 6.45) is -2.67. The number of anilines is 2. The van der Waals surface area contributed by atoms with Gasteiger partial charge in [0.15, 0.2) is 17.7 Å². The molecule has 1 aromatic carbocycles. The summed E-state index contributed by atoms with van der Waals surface area (Å²) in [5.74, 6) is -1.24. The number of fused-ring (bicyclic) bond motifs is 1. The number of rotatable bonds is 9. The van der Waals surface area contributed by atoms with Crippen molar-refractivity contribution < 1.29 is 38.5 Å². The van der Waals surface area contributed by atoms with Crippen molar-refractivity contribution in [3.05, 3.63) is 36.7 Å². The molecule has 3 heterocycles. The number of aliphatic carboxylic acids is 1.